The van der Waals surface area contributed by atoms with Crippen LogP contribution in [0.2, 0.25) is 0 Å². The first-order valence-electron chi connectivity index (χ1n) is 9.39. The average Bonchev–Trinajstić information content (AvgIpc) is 2.61. The highest BCUT2D eigenvalue weighted by atomic mass is 16.2. The Kier molecular flexibility index (Phi) is 5.45. The lowest BCUT2D eigenvalue weighted by molar-refractivity contribution is -0.118. The highest BCUT2D eigenvalue weighted by Crippen LogP contribution is 2.24. The normalized spacial score (nSPS) is 11.0. The van der Waals surface area contributed by atoms with Crippen molar-refractivity contribution >= 4 is 22.5 Å². The molecule has 0 spiro atoms. The number of nitrogens with zero attached hydrogens (tertiary/aromatic N) is 1. The summed E-state index contributed by atoms with van der Waals surface area (Å²) in [6.45, 7) is 8.29. The molecule has 1 heterocycles. The third-order valence-corrected chi connectivity index (χ3v) is 4.81. The average molecular weight is 362 g/mol. The molecule has 0 atom stereocenters. The molecule has 0 saturated carbocycles. The molecule has 0 aliphatic rings. The Bertz CT molecular complexity index is 1050. The Morgan fingerprint density at radius 1 is 1.00 bits per heavy atom. The summed E-state index contributed by atoms with van der Waals surface area (Å²) in [7, 11) is 0. The first kappa shape index (κ1) is 18.9. The molecule has 1 N–H and O–H groups in total. The lowest BCUT2D eigenvalue weighted by Crippen LogP contribution is -2.33. The molecule has 0 saturated heterocycles. The van der Waals surface area contributed by atoms with Crippen LogP contribution in [-0.2, 0) is 11.3 Å². The monoisotopic (exact) mass is 362 g/mol. The van der Waals surface area contributed by atoms with Crippen molar-refractivity contribution in [3.8, 4) is 0 Å². The highest BCUT2D eigenvalue weighted by Gasteiger charge is 2.19. The van der Waals surface area contributed by atoms with Crippen LogP contribution < -0.4 is 10.5 Å². The van der Waals surface area contributed by atoms with Crippen LogP contribution in [0.1, 0.15) is 42.0 Å². The third-order valence-electron chi connectivity index (χ3n) is 4.81. The van der Waals surface area contributed by atoms with E-state index in [4.69, 9.17) is 0 Å². The molecule has 0 unspecified atom stereocenters. The van der Waals surface area contributed by atoms with Crippen LogP contribution in [0, 0.1) is 20.8 Å². The number of hydrogen-bond acceptors (Lipinski definition) is 2. The number of carbonyl (C=O) groups is 1. The molecular formula is C23H26N2O2. The number of carbonyl (C=O) groups excluding carboxylic acids is 1. The van der Waals surface area contributed by atoms with Crippen molar-refractivity contribution < 1.29 is 4.79 Å². The number of pyridine rings is 1. The van der Waals surface area contributed by atoms with Gasteiger partial charge >= 0.3 is 0 Å². The van der Waals surface area contributed by atoms with Crippen molar-refractivity contribution in [3.05, 3.63) is 75.1 Å². The molecule has 4 heteroatoms. The van der Waals surface area contributed by atoms with Gasteiger partial charge in [0.1, 0.15) is 0 Å². The summed E-state index contributed by atoms with van der Waals surface area (Å²) in [4.78, 5) is 30.2. The number of rotatable bonds is 5. The molecule has 0 fully saturated rings. The number of aromatic nitrogens is 1. The van der Waals surface area contributed by atoms with Crippen molar-refractivity contribution in [3.63, 3.8) is 0 Å². The van der Waals surface area contributed by atoms with E-state index in [1.165, 1.54) is 0 Å². The molecule has 0 radical (unpaired) electrons. The quantitative estimate of drug-likeness (QED) is 0.710. The summed E-state index contributed by atoms with van der Waals surface area (Å²) >= 11 is 0. The van der Waals surface area contributed by atoms with Crippen molar-refractivity contribution in [1.29, 1.82) is 0 Å². The number of hydrogen-bond donors (Lipinski definition) is 1. The van der Waals surface area contributed by atoms with Crippen LogP contribution in [0.3, 0.4) is 0 Å². The SMILES string of the molecule is CCCC(=O)N(Cc1cc2ccc(C)cc2[nH]c1=O)c1ccc(C)cc1C. The minimum absolute atomic E-state index is 0.0351. The van der Waals surface area contributed by atoms with Gasteiger partial charge in [-0.15, -0.1) is 0 Å². The summed E-state index contributed by atoms with van der Waals surface area (Å²) in [6.07, 6.45) is 1.23. The zero-order valence-corrected chi connectivity index (χ0v) is 16.4. The minimum atomic E-state index is -0.146. The van der Waals surface area contributed by atoms with E-state index < -0.39 is 0 Å². The second-order valence-corrected chi connectivity index (χ2v) is 7.23. The predicted octanol–water partition coefficient (Wildman–Crippen LogP) is 4.79. The van der Waals surface area contributed by atoms with Crippen LogP contribution in [0.5, 0.6) is 0 Å². The maximum atomic E-state index is 12.8. The van der Waals surface area contributed by atoms with Crippen molar-refractivity contribution in [2.45, 2.75) is 47.1 Å². The lowest BCUT2D eigenvalue weighted by Gasteiger charge is -2.25. The van der Waals surface area contributed by atoms with Gasteiger partial charge < -0.3 is 9.88 Å². The summed E-state index contributed by atoms with van der Waals surface area (Å²) in [5.41, 5.74) is 5.42. The van der Waals surface area contributed by atoms with Crippen LogP contribution in [0.25, 0.3) is 10.9 Å². The molecule has 3 rings (SSSR count). The Labute approximate surface area is 159 Å². The number of anilines is 1. The van der Waals surface area contributed by atoms with E-state index in [2.05, 4.69) is 11.1 Å². The van der Waals surface area contributed by atoms with Crippen molar-refractivity contribution in [1.82, 2.24) is 4.98 Å². The van der Waals surface area contributed by atoms with Crippen LogP contribution in [0.15, 0.2) is 47.3 Å². The van der Waals surface area contributed by atoms with Crippen LogP contribution in [0.4, 0.5) is 5.69 Å². The molecule has 0 bridgehead atoms. The van der Waals surface area contributed by atoms with E-state index in [9.17, 15) is 9.59 Å². The predicted molar refractivity (Wildman–Crippen MR) is 111 cm³/mol. The Hall–Kier alpha value is -2.88. The summed E-state index contributed by atoms with van der Waals surface area (Å²) in [5.74, 6) is 0.0351. The summed E-state index contributed by atoms with van der Waals surface area (Å²) in [5, 5.41) is 0.971. The van der Waals surface area contributed by atoms with Gasteiger partial charge in [-0.25, -0.2) is 0 Å². The number of benzene rings is 2. The van der Waals surface area contributed by atoms with Gasteiger partial charge in [0, 0.05) is 23.2 Å². The summed E-state index contributed by atoms with van der Waals surface area (Å²) < 4.78 is 0. The topological polar surface area (TPSA) is 53.2 Å². The maximum Gasteiger partial charge on any atom is 0.253 e. The van der Waals surface area contributed by atoms with E-state index in [0.29, 0.717) is 12.0 Å². The standard InChI is InChI=1S/C23H26N2O2/c1-5-6-22(26)25(21-10-8-15(2)11-17(21)4)14-19-13-18-9-7-16(3)12-20(18)24-23(19)27/h7-13H,5-6,14H2,1-4H3,(H,24,27). The van der Waals surface area contributed by atoms with Gasteiger partial charge in [0.25, 0.3) is 5.56 Å². The Morgan fingerprint density at radius 3 is 2.41 bits per heavy atom. The Balaban J connectivity index is 2.05. The van der Waals surface area contributed by atoms with Crippen LogP contribution in [-0.4, -0.2) is 10.9 Å². The zero-order valence-electron chi connectivity index (χ0n) is 16.4. The first-order chi connectivity index (χ1) is 12.9. The van der Waals surface area contributed by atoms with Gasteiger partial charge in [-0.05, 0) is 61.9 Å². The van der Waals surface area contributed by atoms with Gasteiger partial charge in [-0.2, -0.15) is 0 Å². The molecule has 1 amide bonds. The second-order valence-electron chi connectivity index (χ2n) is 7.23. The molecule has 140 valence electrons. The van der Waals surface area contributed by atoms with E-state index in [-0.39, 0.29) is 18.0 Å². The minimum Gasteiger partial charge on any atom is -0.322 e. The van der Waals surface area contributed by atoms with E-state index in [1.54, 1.807) is 4.90 Å². The molecular weight excluding hydrogens is 336 g/mol. The Morgan fingerprint density at radius 2 is 1.70 bits per heavy atom. The number of H-pyrrole nitrogens is 1. The molecule has 27 heavy (non-hydrogen) atoms. The number of amides is 1. The van der Waals surface area contributed by atoms with E-state index >= 15 is 0 Å². The van der Waals surface area contributed by atoms with Gasteiger partial charge in [0.2, 0.25) is 5.91 Å². The third kappa shape index (κ3) is 4.11. The van der Waals surface area contributed by atoms with E-state index in [0.717, 1.165) is 39.7 Å². The molecule has 2 aromatic carbocycles. The molecule has 3 aromatic rings. The fraction of sp³-hybridized carbons (Fsp3) is 0.304. The zero-order chi connectivity index (χ0) is 19.6. The number of aromatic amines is 1. The van der Waals surface area contributed by atoms with Crippen molar-refractivity contribution in [2.24, 2.45) is 0 Å². The molecule has 1 aromatic heterocycles. The number of nitrogens with one attached hydrogen (secondary N) is 1. The molecule has 0 aliphatic heterocycles. The van der Waals surface area contributed by atoms with Crippen molar-refractivity contribution in [2.75, 3.05) is 4.90 Å². The largest absolute Gasteiger partial charge is 0.322 e. The summed E-state index contributed by atoms with van der Waals surface area (Å²) in [6, 6.07) is 13.9. The van der Waals surface area contributed by atoms with Gasteiger partial charge in [-0.1, -0.05) is 36.8 Å². The van der Waals surface area contributed by atoms with Gasteiger partial charge in [0.15, 0.2) is 0 Å². The number of aryl methyl sites for hydroxylation is 3. The highest BCUT2D eigenvalue weighted by molar-refractivity contribution is 5.94. The fourth-order valence-corrected chi connectivity index (χ4v) is 3.41. The smallest absolute Gasteiger partial charge is 0.253 e. The first-order valence-corrected chi connectivity index (χ1v) is 9.39. The van der Waals surface area contributed by atoms with Crippen LogP contribution >= 0.6 is 0 Å². The number of fused-ring (bicyclic) bond motifs is 1. The maximum absolute atomic E-state index is 12.8. The van der Waals surface area contributed by atoms with Gasteiger partial charge in [-0.3, -0.25) is 9.59 Å². The van der Waals surface area contributed by atoms with E-state index in [1.807, 2.05) is 64.1 Å². The second kappa shape index (κ2) is 7.78. The fourth-order valence-electron chi connectivity index (χ4n) is 3.41. The molecule has 0 aliphatic carbocycles. The van der Waals surface area contributed by atoms with Gasteiger partial charge in [0.05, 0.1) is 6.54 Å². The molecule has 4 nitrogen and oxygen atoms in total. The lowest BCUT2D eigenvalue weighted by atomic mass is 10.1.